The lowest BCUT2D eigenvalue weighted by Crippen LogP contribution is -2.00. The van der Waals surface area contributed by atoms with Gasteiger partial charge in [-0.25, -0.2) is 15.0 Å². The number of furan rings is 2. The fourth-order valence-electron chi connectivity index (χ4n) is 8.49. The zero-order valence-electron chi connectivity index (χ0n) is 30.4. The summed E-state index contributed by atoms with van der Waals surface area (Å²) in [7, 11) is 0. The maximum atomic E-state index is 6.88. The molecule has 8 aromatic carbocycles. The zero-order valence-corrected chi connectivity index (χ0v) is 30.4. The molecule has 12 aromatic rings. The van der Waals surface area contributed by atoms with E-state index < -0.39 is 0 Å². The van der Waals surface area contributed by atoms with Gasteiger partial charge in [0.2, 0.25) is 0 Å². The summed E-state index contributed by atoms with van der Waals surface area (Å²) in [5.41, 5.74) is 11.2. The quantitative estimate of drug-likeness (QED) is 0.176. The largest absolute Gasteiger partial charge is 0.456 e. The molecule has 0 aliphatic heterocycles. The minimum Gasteiger partial charge on any atom is -0.456 e. The van der Waals surface area contributed by atoms with Crippen LogP contribution in [-0.2, 0) is 0 Å². The van der Waals surface area contributed by atoms with Gasteiger partial charge in [0, 0.05) is 61.1 Å². The molecule has 0 radical (unpaired) electrons. The van der Waals surface area contributed by atoms with E-state index in [1.54, 1.807) is 0 Å². The van der Waals surface area contributed by atoms with E-state index in [1.807, 2.05) is 84.9 Å². The molecule has 0 saturated carbocycles. The Morgan fingerprint density at radius 2 is 0.912 bits per heavy atom. The lowest BCUT2D eigenvalue weighted by molar-refractivity contribution is 0.669. The molecule has 0 N–H and O–H groups in total. The number of nitrogens with zero attached hydrogens (tertiary/aromatic N) is 4. The minimum atomic E-state index is 0.580. The number of hydrogen-bond acceptors (Lipinski definition) is 5. The van der Waals surface area contributed by atoms with E-state index in [4.69, 9.17) is 23.8 Å². The Labute approximate surface area is 325 Å². The average molecular weight is 731 g/mol. The van der Waals surface area contributed by atoms with Crippen molar-refractivity contribution in [3.05, 3.63) is 182 Å². The van der Waals surface area contributed by atoms with Gasteiger partial charge in [0.1, 0.15) is 22.3 Å². The predicted octanol–water partition coefficient (Wildman–Crippen LogP) is 13.4. The molecule has 6 heteroatoms. The van der Waals surface area contributed by atoms with Gasteiger partial charge in [0.05, 0.1) is 16.7 Å². The van der Waals surface area contributed by atoms with Gasteiger partial charge in [0.25, 0.3) is 0 Å². The van der Waals surface area contributed by atoms with Gasteiger partial charge < -0.3 is 13.4 Å². The Balaban J connectivity index is 1.15. The van der Waals surface area contributed by atoms with E-state index in [0.29, 0.717) is 17.5 Å². The van der Waals surface area contributed by atoms with Crippen LogP contribution in [0.15, 0.2) is 191 Å². The lowest BCUT2D eigenvalue weighted by atomic mass is 9.96. The zero-order chi connectivity index (χ0) is 37.5. The fraction of sp³-hybridized carbons (Fsp3) is 0. The van der Waals surface area contributed by atoms with E-state index in [2.05, 4.69) is 102 Å². The topological polar surface area (TPSA) is 69.9 Å². The summed E-state index contributed by atoms with van der Waals surface area (Å²) in [6.45, 7) is 0. The lowest BCUT2D eigenvalue weighted by Gasteiger charge is -2.13. The second-order valence-corrected chi connectivity index (χ2v) is 14.4. The van der Waals surface area contributed by atoms with Crippen molar-refractivity contribution in [1.29, 1.82) is 0 Å². The van der Waals surface area contributed by atoms with Gasteiger partial charge in [-0.3, -0.25) is 0 Å². The van der Waals surface area contributed by atoms with Gasteiger partial charge in [-0.2, -0.15) is 0 Å². The monoisotopic (exact) mass is 730 g/mol. The van der Waals surface area contributed by atoms with E-state index in [-0.39, 0.29) is 0 Å². The molecule has 0 spiro atoms. The van der Waals surface area contributed by atoms with Gasteiger partial charge in [-0.05, 0) is 41.5 Å². The first-order valence-corrected chi connectivity index (χ1v) is 19.0. The van der Waals surface area contributed by atoms with Crippen LogP contribution in [-0.4, -0.2) is 19.5 Å². The van der Waals surface area contributed by atoms with Gasteiger partial charge >= 0.3 is 0 Å². The molecule has 0 bridgehead atoms. The Hall–Kier alpha value is -7.83. The minimum absolute atomic E-state index is 0.580. The standard InChI is InChI=1S/C51H30N4O2/c1-4-15-31(16-5-1)38-27-34(55-41-24-12-10-21-35(41)39-29-40-36-22-11-13-25-43(36)56-45(40)30-42(39)55)28-46-48(38)47-37(23-14-26-44(47)57-46)51-53-49(32-17-6-2-7-18-32)52-50(54-51)33-19-8-3-9-20-33/h1-30H. The first-order valence-electron chi connectivity index (χ1n) is 19.0. The maximum absolute atomic E-state index is 6.88. The van der Waals surface area contributed by atoms with Crippen LogP contribution in [0.4, 0.5) is 0 Å². The Morgan fingerprint density at radius 1 is 0.333 bits per heavy atom. The highest BCUT2D eigenvalue weighted by Crippen LogP contribution is 2.45. The van der Waals surface area contributed by atoms with Crippen LogP contribution >= 0.6 is 0 Å². The second-order valence-electron chi connectivity index (χ2n) is 14.4. The van der Waals surface area contributed by atoms with Crippen molar-refractivity contribution < 1.29 is 8.83 Å². The SMILES string of the molecule is c1ccc(-c2nc(-c3ccccc3)nc(-c3cccc4oc5cc(-n6c7ccccc7c7cc8c(cc76)oc6ccccc68)cc(-c6ccccc6)c5c34)n2)cc1. The number of benzene rings is 8. The fourth-order valence-corrected chi connectivity index (χ4v) is 8.49. The Kier molecular flexibility index (Phi) is 6.83. The first kappa shape index (κ1) is 31.5. The Morgan fingerprint density at radius 3 is 1.65 bits per heavy atom. The van der Waals surface area contributed by atoms with Crippen molar-refractivity contribution in [3.8, 4) is 51.0 Å². The molecule has 0 aliphatic carbocycles. The number of hydrogen-bond donors (Lipinski definition) is 0. The number of aromatic nitrogens is 4. The van der Waals surface area contributed by atoms with Crippen molar-refractivity contribution in [2.24, 2.45) is 0 Å². The number of fused-ring (bicyclic) bond motifs is 9. The van der Waals surface area contributed by atoms with E-state index >= 15 is 0 Å². The normalized spacial score (nSPS) is 11.9. The van der Waals surface area contributed by atoms with Crippen molar-refractivity contribution in [3.63, 3.8) is 0 Å². The first-order chi connectivity index (χ1) is 28.2. The summed E-state index contributed by atoms with van der Waals surface area (Å²) in [5.74, 6) is 1.80. The van der Waals surface area contributed by atoms with E-state index in [9.17, 15) is 0 Å². The van der Waals surface area contributed by atoms with Gasteiger partial charge in [-0.1, -0.05) is 140 Å². The molecule has 266 valence electrons. The molecule has 6 nitrogen and oxygen atoms in total. The molecule has 4 heterocycles. The van der Waals surface area contributed by atoms with E-state index in [1.165, 1.54) is 5.39 Å². The third-order valence-corrected chi connectivity index (χ3v) is 11.0. The average Bonchev–Trinajstić information content (AvgIpc) is 3.95. The van der Waals surface area contributed by atoms with Crippen LogP contribution in [0.1, 0.15) is 0 Å². The highest BCUT2D eigenvalue weighted by molar-refractivity contribution is 6.20. The number of para-hydroxylation sites is 2. The summed E-state index contributed by atoms with van der Waals surface area (Å²) in [4.78, 5) is 15.2. The van der Waals surface area contributed by atoms with Gasteiger partial charge in [-0.15, -0.1) is 0 Å². The summed E-state index contributed by atoms with van der Waals surface area (Å²) in [6.07, 6.45) is 0. The molecular weight excluding hydrogens is 701 g/mol. The van der Waals surface area contributed by atoms with Crippen molar-refractivity contribution in [2.75, 3.05) is 0 Å². The summed E-state index contributed by atoms with van der Waals surface area (Å²) < 4.78 is 15.6. The predicted molar refractivity (Wildman–Crippen MR) is 230 cm³/mol. The van der Waals surface area contributed by atoms with Crippen LogP contribution < -0.4 is 0 Å². The molecule has 57 heavy (non-hydrogen) atoms. The molecule has 0 fully saturated rings. The van der Waals surface area contributed by atoms with Crippen LogP contribution in [0.2, 0.25) is 0 Å². The van der Waals surface area contributed by atoms with Crippen molar-refractivity contribution >= 4 is 65.7 Å². The van der Waals surface area contributed by atoms with Crippen LogP contribution in [0.5, 0.6) is 0 Å². The smallest absolute Gasteiger partial charge is 0.164 e. The molecule has 12 rings (SSSR count). The molecule has 0 aliphatic rings. The third-order valence-electron chi connectivity index (χ3n) is 11.0. The summed E-state index contributed by atoms with van der Waals surface area (Å²) in [6, 6.07) is 62.6. The molecule has 0 amide bonds. The molecular formula is C51H30N4O2. The van der Waals surface area contributed by atoms with Crippen LogP contribution in [0, 0.1) is 0 Å². The van der Waals surface area contributed by atoms with E-state index in [0.717, 1.165) is 93.8 Å². The van der Waals surface area contributed by atoms with Crippen molar-refractivity contribution in [2.45, 2.75) is 0 Å². The molecule has 4 aromatic heterocycles. The molecule has 0 saturated heterocycles. The van der Waals surface area contributed by atoms with Gasteiger partial charge in [0.15, 0.2) is 17.5 Å². The second kappa shape index (κ2) is 12.3. The van der Waals surface area contributed by atoms with Crippen LogP contribution in [0.3, 0.4) is 0 Å². The number of rotatable bonds is 5. The maximum Gasteiger partial charge on any atom is 0.164 e. The molecule has 0 atom stereocenters. The summed E-state index contributed by atoms with van der Waals surface area (Å²) >= 11 is 0. The Bertz CT molecular complexity index is 3450. The molecule has 0 unspecified atom stereocenters. The van der Waals surface area contributed by atoms with Crippen LogP contribution in [0.25, 0.3) is 117 Å². The summed E-state index contributed by atoms with van der Waals surface area (Å²) in [5, 5.41) is 6.51. The highest BCUT2D eigenvalue weighted by Gasteiger charge is 2.23. The third kappa shape index (κ3) is 4.94. The highest BCUT2D eigenvalue weighted by atomic mass is 16.3. The van der Waals surface area contributed by atoms with Crippen molar-refractivity contribution in [1.82, 2.24) is 19.5 Å².